The van der Waals surface area contributed by atoms with Crippen molar-refractivity contribution in [1.82, 2.24) is 5.32 Å². The first-order valence-electron chi connectivity index (χ1n) is 6.89. The van der Waals surface area contributed by atoms with Gasteiger partial charge >= 0.3 is 0 Å². The van der Waals surface area contributed by atoms with E-state index in [1.807, 2.05) is 12.1 Å². The highest BCUT2D eigenvalue weighted by molar-refractivity contribution is 9.10. The number of nitrogens with zero attached hydrogens (tertiary/aromatic N) is 1. The Morgan fingerprint density at radius 1 is 1.09 bits per heavy atom. The van der Waals surface area contributed by atoms with Crippen LogP contribution in [0.15, 0.2) is 40.9 Å². The van der Waals surface area contributed by atoms with Crippen LogP contribution in [0.3, 0.4) is 0 Å². The van der Waals surface area contributed by atoms with Crippen molar-refractivity contribution >= 4 is 21.6 Å². The Hall–Kier alpha value is -2.12. The molecule has 0 saturated carbocycles. The smallest absolute Gasteiger partial charge is 0.269 e. The van der Waals surface area contributed by atoms with Crippen LogP contribution in [-0.4, -0.2) is 19.1 Å². The molecule has 0 unspecified atom stereocenters. The molecule has 0 aliphatic carbocycles. The lowest BCUT2D eigenvalue weighted by Gasteiger charge is -2.12. The summed E-state index contributed by atoms with van der Waals surface area (Å²) >= 11 is 3.51. The second kappa shape index (κ2) is 7.94. The van der Waals surface area contributed by atoms with Crippen LogP contribution in [0.25, 0.3) is 0 Å². The number of halogens is 1. The molecular formula is C16H17BrN2O4. The molecule has 0 aliphatic heterocycles. The molecule has 2 rings (SSSR count). The quantitative estimate of drug-likeness (QED) is 0.585. The van der Waals surface area contributed by atoms with E-state index in [2.05, 4.69) is 21.2 Å². The van der Waals surface area contributed by atoms with E-state index in [1.165, 1.54) is 12.1 Å². The van der Waals surface area contributed by atoms with Crippen LogP contribution in [0.2, 0.25) is 0 Å². The molecule has 0 bridgehead atoms. The molecule has 0 amide bonds. The van der Waals surface area contributed by atoms with E-state index < -0.39 is 4.92 Å². The summed E-state index contributed by atoms with van der Waals surface area (Å²) in [4.78, 5) is 10.2. The maximum Gasteiger partial charge on any atom is 0.269 e. The number of hydrogen-bond donors (Lipinski definition) is 1. The SMILES string of the molecule is COc1cc(Br)c(CNCc2ccc([N+](=O)[O-])cc2)cc1OC. The van der Waals surface area contributed by atoms with Crippen molar-refractivity contribution in [2.24, 2.45) is 0 Å². The average molecular weight is 381 g/mol. The predicted octanol–water partition coefficient (Wildman–Crippen LogP) is 3.66. The van der Waals surface area contributed by atoms with Gasteiger partial charge in [0.1, 0.15) is 0 Å². The van der Waals surface area contributed by atoms with E-state index >= 15 is 0 Å². The molecule has 2 aromatic rings. The predicted molar refractivity (Wildman–Crippen MR) is 90.9 cm³/mol. The Bertz CT molecular complexity index is 689. The van der Waals surface area contributed by atoms with E-state index in [0.717, 1.165) is 15.6 Å². The van der Waals surface area contributed by atoms with E-state index in [-0.39, 0.29) is 5.69 Å². The van der Waals surface area contributed by atoms with Gasteiger partial charge in [0, 0.05) is 29.7 Å². The van der Waals surface area contributed by atoms with Gasteiger partial charge < -0.3 is 14.8 Å². The van der Waals surface area contributed by atoms with Gasteiger partial charge in [0.15, 0.2) is 11.5 Å². The molecule has 0 spiro atoms. The lowest BCUT2D eigenvalue weighted by atomic mass is 10.1. The summed E-state index contributed by atoms with van der Waals surface area (Å²) in [7, 11) is 3.19. The van der Waals surface area contributed by atoms with Gasteiger partial charge in [-0.05, 0) is 23.3 Å². The average Bonchev–Trinajstić information content (AvgIpc) is 2.56. The lowest BCUT2D eigenvalue weighted by Crippen LogP contribution is -2.13. The summed E-state index contributed by atoms with van der Waals surface area (Å²) in [5.41, 5.74) is 2.10. The Balaban J connectivity index is 1.99. The van der Waals surface area contributed by atoms with Crippen molar-refractivity contribution < 1.29 is 14.4 Å². The Morgan fingerprint density at radius 2 is 1.70 bits per heavy atom. The van der Waals surface area contributed by atoms with Gasteiger partial charge in [-0.3, -0.25) is 10.1 Å². The summed E-state index contributed by atoms with van der Waals surface area (Å²) in [5.74, 6) is 1.33. The molecule has 0 aromatic heterocycles. The molecule has 0 fully saturated rings. The lowest BCUT2D eigenvalue weighted by molar-refractivity contribution is -0.384. The number of nitrogens with one attached hydrogen (secondary N) is 1. The van der Waals surface area contributed by atoms with E-state index in [1.54, 1.807) is 26.4 Å². The first-order valence-corrected chi connectivity index (χ1v) is 7.69. The molecule has 0 aliphatic rings. The van der Waals surface area contributed by atoms with Gasteiger partial charge in [0.2, 0.25) is 0 Å². The van der Waals surface area contributed by atoms with Crippen LogP contribution < -0.4 is 14.8 Å². The van der Waals surface area contributed by atoms with Crippen molar-refractivity contribution in [3.8, 4) is 11.5 Å². The molecule has 2 aromatic carbocycles. The van der Waals surface area contributed by atoms with Gasteiger partial charge in [-0.25, -0.2) is 0 Å². The van der Waals surface area contributed by atoms with Gasteiger partial charge in [-0.15, -0.1) is 0 Å². The summed E-state index contributed by atoms with van der Waals surface area (Å²) in [5, 5.41) is 13.9. The molecule has 0 heterocycles. The summed E-state index contributed by atoms with van der Waals surface area (Å²) < 4.78 is 11.5. The highest BCUT2D eigenvalue weighted by atomic mass is 79.9. The summed E-state index contributed by atoms with van der Waals surface area (Å²) in [6.07, 6.45) is 0. The Labute approximate surface area is 142 Å². The minimum atomic E-state index is -0.405. The molecule has 1 N–H and O–H groups in total. The monoisotopic (exact) mass is 380 g/mol. The van der Waals surface area contributed by atoms with E-state index in [0.29, 0.717) is 24.6 Å². The van der Waals surface area contributed by atoms with Gasteiger partial charge in [-0.1, -0.05) is 28.1 Å². The third-order valence-electron chi connectivity index (χ3n) is 3.34. The van der Waals surface area contributed by atoms with E-state index in [9.17, 15) is 10.1 Å². The Morgan fingerprint density at radius 3 is 2.26 bits per heavy atom. The molecular weight excluding hydrogens is 364 g/mol. The number of rotatable bonds is 7. The minimum absolute atomic E-state index is 0.0939. The summed E-state index contributed by atoms with van der Waals surface area (Å²) in [6, 6.07) is 10.3. The number of nitro groups is 1. The molecule has 23 heavy (non-hydrogen) atoms. The maximum atomic E-state index is 10.6. The van der Waals surface area contributed by atoms with Gasteiger partial charge in [0.05, 0.1) is 19.1 Å². The molecule has 0 saturated heterocycles. The molecule has 0 radical (unpaired) electrons. The molecule has 6 nitrogen and oxygen atoms in total. The third kappa shape index (κ3) is 4.43. The minimum Gasteiger partial charge on any atom is -0.493 e. The van der Waals surface area contributed by atoms with Crippen molar-refractivity contribution in [3.63, 3.8) is 0 Å². The fourth-order valence-corrected chi connectivity index (χ4v) is 2.57. The van der Waals surface area contributed by atoms with Crippen LogP contribution >= 0.6 is 15.9 Å². The van der Waals surface area contributed by atoms with Crippen LogP contribution in [-0.2, 0) is 13.1 Å². The van der Waals surface area contributed by atoms with Crippen molar-refractivity contribution in [1.29, 1.82) is 0 Å². The second-order valence-electron chi connectivity index (χ2n) is 4.83. The van der Waals surface area contributed by atoms with Gasteiger partial charge in [-0.2, -0.15) is 0 Å². The zero-order valence-corrected chi connectivity index (χ0v) is 14.4. The number of hydrogen-bond acceptors (Lipinski definition) is 5. The van der Waals surface area contributed by atoms with Crippen molar-refractivity contribution in [2.45, 2.75) is 13.1 Å². The zero-order chi connectivity index (χ0) is 16.8. The second-order valence-corrected chi connectivity index (χ2v) is 5.68. The first kappa shape index (κ1) is 17.2. The van der Waals surface area contributed by atoms with Gasteiger partial charge in [0.25, 0.3) is 5.69 Å². The number of nitro benzene ring substituents is 1. The highest BCUT2D eigenvalue weighted by Crippen LogP contribution is 2.33. The molecule has 7 heteroatoms. The standard InChI is InChI=1S/C16H17BrN2O4/c1-22-15-7-12(14(17)8-16(15)23-2)10-18-9-11-3-5-13(6-4-11)19(20)21/h3-8,18H,9-10H2,1-2H3. The number of methoxy groups -OCH3 is 2. The van der Waals surface area contributed by atoms with E-state index in [4.69, 9.17) is 9.47 Å². The molecule has 0 atom stereocenters. The van der Waals surface area contributed by atoms with Crippen LogP contribution in [0.4, 0.5) is 5.69 Å². The van der Waals surface area contributed by atoms with Crippen LogP contribution in [0.1, 0.15) is 11.1 Å². The third-order valence-corrected chi connectivity index (χ3v) is 4.08. The van der Waals surface area contributed by atoms with Crippen LogP contribution in [0.5, 0.6) is 11.5 Å². The Kier molecular flexibility index (Phi) is 5.95. The van der Waals surface area contributed by atoms with Crippen molar-refractivity contribution in [2.75, 3.05) is 14.2 Å². The number of non-ortho nitro benzene ring substituents is 1. The molecule has 122 valence electrons. The highest BCUT2D eigenvalue weighted by Gasteiger charge is 2.09. The largest absolute Gasteiger partial charge is 0.493 e. The fraction of sp³-hybridized carbons (Fsp3) is 0.250. The normalized spacial score (nSPS) is 10.4. The number of ether oxygens (including phenoxy) is 2. The first-order chi connectivity index (χ1) is 11.0. The maximum absolute atomic E-state index is 10.6. The summed E-state index contributed by atoms with van der Waals surface area (Å²) in [6.45, 7) is 1.23. The zero-order valence-electron chi connectivity index (χ0n) is 12.8. The topological polar surface area (TPSA) is 73.6 Å². The van der Waals surface area contributed by atoms with Crippen molar-refractivity contribution in [3.05, 3.63) is 62.1 Å². The van der Waals surface area contributed by atoms with Crippen LogP contribution in [0, 0.1) is 10.1 Å². The number of benzene rings is 2. The fourth-order valence-electron chi connectivity index (χ4n) is 2.11.